The van der Waals surface area contributed by atoms with Gasteiger partial charge in [-0.15, -0.1) is 0 Å². The first kappa shape index (κ1) is 24.8. The third-order valence-corrected chi connectivity index (χ3v) is 5.95. The van der Waals surface area contributed by atoms with E-state index in [1.807, 2.05) is 33.8 Å². The fourth-order valence-corrected chi connectivity index (χ4v) is 4.36. The Kier molecular flexibility index (Phi) is 7.51. The van der Waals surface area contributed by atoms with Gasteiger partial charge in [-0.05, 0) is 11.8 Å². The van der Waals surface area contributed by atoms with E-state index in [-0.39, 0.29) is 47.8 Å². The van der Waals surface area contributed by atoms with Crippen LogP contribution in [0.25, 0.3) is 22.4 Å². The molecule has 0 spiro atoms. The van der Waals surface area contributed by atoms with Crippen molar-refractivity contribution in [2.45, 2.75) is 27.7 Å². The molecule has 33 heavy (non-hydrogen) atoms. The maximum Gasteiger partial charge on any atom is 0.531 e. The minimum absolute atomic E-state index is 0.00273. The van der Waals surface area contributed by atoms with Gasteiger partial charge in [0.25, 0.3) is 11.4 Å². The van der Waals surface area contributed by atoms with Crippen LogP contribution in [-0.2, 0) is 27.7 Å². The van der Waals surface area contributed by atoms with Crippen molar-refractivity contribution >= 4 is 19.0 Å². The highest BCUT2D eigenvalue weighted by molar-refractivity contribution is 7.48. The highest BCUT2D eigenvalue weighted by Crippen LogP contribution is 2.51. The molecule has 10 nitrogen and oxygen atoms in total. The average molecular weight is 476 g/mol. The van der Waals surface area contributed by atoms with E-state index in [0.29, 0.717) is 5.56 Å². The van der Waals surface area contributed by atoms with Crippen molar-refractivity contribution in [3.05, 3.63) is 51.2 Å². The molecular weight excluding hydrogens is 447 g/mol. The van der Waals surface area contributed by atoms with Gasteiger partial charge in [-0.2, -0.15) is 4.98 Å². The Labute approximate surface area is 191 Å². The molecule has 1 aromatic carbocycles. The summed E-state index contributed by atoms with van der Waals surface area (Å²) in [5, 5.41) is 0. The second-order valence-corrected chi connectivity index (χ2v) is 10.1. The van der Waals surface area contributed by atoms with E-state index in [4.69, 9.17) is 13.6 Å². The van der Waals surface area contributed by atoms with E-state index in [1.54, 1.807) is 24.3 Å². The summed E-state index contributed by atoms with van der Waals surface area (Å²) in [5.41, 5.74) is -0.434. The highest BCUT2D eigenvalue weighted by atomic mass is 31.2. The summed E-state index contributed by atoms with van der Waals surface area (Å²) in [7, 11) is -1.26. The number of phosphoric acid groups is 1. The molecule has 0 unspecified atom stereocenters. The summed E-state index contributed by atoms with van der Waals surface area (Å²) >= 11 is 0. The topological polar surface area (TPSA) is 115 Å². The van der Waals surface area contributed by atoms with E-state index in [1.165, 1.54) is 18.7 Å². The number of phosphoric ester groups is 1. The number of rotatable bonds is 9. The van der Waals surface area contributed by atoms with Crippen molar-refractivity contribution in [2.24, 2.45) is 25.9 Å². The molecule has 2 aromatic heterocycles. The van der Waals surface area contributed by atoms with E-state index in [0.717, 1.165) is 4.57 Å². The van der Waals surface area contributed by atoms with Crippen LogP contribution in [-0.4, -0.2) is 32.3 Å². The van der Waals surface area contributed by atoms with Crippen molar-refractivity contribution in [1.29, 1.82) is 0 Å². The lowest BCUT2D eigenvalue weighted by atomic mass is 10.1. The van der Waals surface area contributed by atoms with Gasteiger partial charge in [0.2, 0.25) is 0 Å². The molecule has 0 fully saturated rings. The lowest BCUT2D eigenvalue weighted by molar-refractivity contribution is 0.130. The normalized spacial score (nSPS) is 12.1. The number of nitrogens with zero attached hydrogens (tertiary/aromatic N) is 4. The molecule has 11 heteroatoms. The minimum Gasteiger partial charge on any atom is -0.383 e. The van der Waals surface area contributed by atoms with Crippen LogP contribution in [0.2, 0.25) is 0 Å². The molecule has 0 aliphatic carbocycles. The predicted molar refractivity (Wildman–Crippen MR) is 125 cm³/mol. The lowest BCUT2D eigenvalue weighted by Crippen LogP contribution is -2.37. The largest absolute Gasteiger partial charge is 0.531 e. The third-order valence-electron chi connectivity index (χ3n) is 4.62. The lowest BCUT2D eigenvalue weighted by Gasteiger charge is -2.21. The van der Waals surface area contributed by atoms with Gasteiger partial charge >= 0.3 is 13.5 Å². The van der Waals surface area contributed by atoms with Gasteiger partial charge in [0.05, 0.1) is 13.2 Å². The molecule has 0 bridgehead atoms. The van der Waals surface area contributed by atoms with Gasteiger partial charge in [0, 0.05) is 19.7 Å². The number of aryl methyl sites for hydroxylation is 1. The van der Waals surface area contributed by atoms with Crippen LogP contribution in [0.4, 0.5) is 0 Å². The summed E-state index contributed by atoms with van der Waals surface area (Å²) < 4.78 is 32.5. The standard InChI is InChI=1S/C22H29N4O6P/c1-14(2)12-30-33(29,31-13-15(3)4)32-20-17(16-10-8-7-9-11-16)23-18-19(24-20)25(5)22(28)26(6)21(18)27/h7-11,14-15H,12-13H2,1-6H3. The molecular formula is C22H29N4O6P. The highest BCUT2D eigenvalue weighted by Gasteiger charge is 2.32. The van der Waals surface area contributed by atoms with Crippen LogP contribution in [0, 0.1) is 11.8 Å². The van der Waals surface area contributed by atoms with Crippen LogP contribution in [0.15, 0.2) is 39.9 Å². The Morgan fingerprint density at radius 1 is 0.909 bits per heavy atom. The van der Waals surface area contributed by atoms with Crippen molar-refractivity contribution in [3.8, 4) is 17.1 Å². The smallest absolute Gasteiger partial charge is 0.383 e. The second-order valence-electron chi connectivity index (χ2n) is 8.54. The monoisotopic (exact) mass is 476 g/mol. The molecule has 0 aliphatic rings. The van der Waals surface area contributed by atoms with E-state index in [9.17, 15) is 14.2 Å². The first-order valence-corrected chi connectivity index (χ1v) is 12.1. The molecule has 3 rings (SSSR count). The number of hydrogen-bond donors (Lipinski definition) is 0. The summed E-state index contributed by atoms with van der Waals surface area (Å²) in [5.74, 6) is -0.0119. The van der Waals surface area contributed by atoms with Crippen LogP contribution in [0.1, 0.15) is 27.7 Å². The van der Waals surface area contributed by atoms with Gasteiger partial charge in [-0.1, -0.05) is 58.0 Å². The fraction of sp³-hybridized carbons (Fsp3) is 0.455. The zero-order valence-electron chi connectivity index (χ0n) is 19.6. The zero-order valence-corrected chi connectivity index (χ0v) is 20.5. The SMILES string of the molecule is CC(C)COP(=O)(OCC(C)C)Oc1nc2c(nc1-c1ccccc1)c(=O)n(C)c(=O)n2C. The van der Waals surface area contributed by atoms with Gasteiger partial charge in [0.1, 0.15) is 5.69 Å². The van der Waals surface area contributed by atoms with Crippen molar-refractivity contribution in [3.63, 3.8) is 0 Å². The Balaban J connectivity index is 2.23. The first-order valence-electron chi connectivity index (χ1n) is 10.6. The van der Waals surface area contributed by atoms with E-state index >= 15 is 0 Å². The number of benzene rings is 1. The Morgan fingerprint density at radius 2 is 1.48 bits per heavy atom. The van der Waals surface area contributed by atoms with Crippen LogP contribution >= 0.6 is 7.82 Å². The molecule has 0 amide bonds. The number of hydrogen-bond acceptors (Lipinski definition) is 8. The Hall–Kier alpha value is -2.81. The van der Waals surface area contributed by atoms with E-state index < -0.39 is 19.1 Å². The molecule has 178 valence electrons. The average Bonchev–Trinajstić information content (AvgIpc) is 2.79. The molecule has 0 radical (unpaired) electrons. The van der Waals surface area contributed by atoms with Crippen molar-refractivity contribution in [2.75, 3.05) is 13.2 Å². The number of aromatic nitrogens is 4. The molecule has 0 atom stereocenters. The summed E-state index contributed by atoms with van der Waals surface area (Å²) in [4.78, 5) is 34.0. The summed E-state index contributed by atoms with van der Waals surface area (Å²) in [6.45, 7) is 7.90. The summed E-state index contributed by atoms with van der Waals surface area (Å²) in [6.07, 6.45) is 0. The molecule has 0 aliphatic heterocycles. The van der Waals surface area contributed by atoms with Crippen molar-refractivity contribution < 1.29 is 18.1 Å². The first-order chi connectivity index (χ1) is 15.5. The van der Waals surface area contributed by atoms with Gasteiger partial charge < -0.3 is 4.52 Å². The Morgan fingerprint density at radius 3 is 2.03 bits per heavy atom. The quantitative estimate of drug-likeness (QED) is 0.431. The van der Waals surface area contributed by atoms with Crippen molar-refractivity contribution in [1.82, 2.24) is 19.1 Å². The van der Waals surface area contributed by atoms with Crippen LogP contribution in [0.3, 0.4) is 0 Å². The zero-order chi connectivity index (χ0) is 24.3. The predicted octanol–water partition coefficient (Wildman–Crippen LogP) is 3.53. The minimum atomic E-state index is -4.10. The van der Waals surface area contributed by atoms with Gasteiger partial charge in [-0.25, -0.2) is 14.3 Å². The van der Waals surface area contributed by atoms with E-state index in [2.05, 4.69) is 9.97 Å². The maximum atomic E-state index is 13.5. The van der Waals surface area contributed by atoms with Gasteiger partial charge in [0.15, 0.2) is 11.2 Å². The second kappa shape index (κ2) is 9.99. The maximum absolute atomic E-state index is 13.5. The number of fused-ring (bicyclic) bond motifs is 1. The van der Waals surface area contributed by atoms with Gasteiger partial charge in [-0.3, -0.25) is 23.0 Å². The molecule has 2 heterocycles. The fourth-order valence-electron chi connectivity index (χ4n) is 2.87. The summed E-state index contributed by atoms with van der Waals surface area (Å²) in [6, 6.07) is 8.90. The molecule has 0 saturated carbocycles. The van der Waals surface area contributed by atoms with Crippen LogP contribution < -0.4 is 15.8 Å². The van der Waals surface area contributed by atoms with Crippen LogP contribution in [0.5, 0.6) is 5.88 Å². The third kappa shape index (κ3) is 5.58. The molecule has 0 N–H and O–H groups in total. The molecule has 0 saturated heterocycles. The molecule has 3 aromatic rings. The Bertz CT molecular complexity index is 1280.